The molecule has 2 rings (SSSR count). The summed E-state index contributed by atoms with van der Waals surface area (Å²) in [7, 11) is 1.73. The number of hydrogen-bond donors (Lipinski definition) is 2. The van der Waals surface area contributed by atoms with Crippen molar-refractivity contribution in [2.45, 2.75) is 6.42 Å². The number of hydrogen-bond acceptors (Lipinski definition) is 5. The maximum Gasteiger partial charge on any atom is 0.271 e. The van der Waals surface area contributed by atoms with E-state index in [0.29, 0.717) is 18.1 Å². The molecule has 6 nitrogen and oxygen atoms in total. The Morgan fingerprint density at radius 3 is 2.74 bits per heavy atom. The molecular formula is C13H15N5O. The Labute approximate surface area is 111 Å². The number of nitrogens with one attached hydrogen (secondary N) is 2. The first-order valence-corrected chi connectivity index (χ1v) is 5.96. The lowest BCUT2D eigenvalue weighted by atomic mass is 10.2. The Kier molecular flexibility index (Phi) is 4.39. The first kappa shape index (κ1) is 12.9. The fraction of sp³-hybridized carbons (Fsp3) is 0.231. The minimum Gasteiger partial charge on any atom is -0.372 e. The third kappa shape index (κ3) is 3.74. The van der Waals surface area contributed by atoms with Crippen molar-refractivity contribution in [3.8, 4) is 0 Å². The summed E-state index contributed by atoms with van der Waals surface area (Å²) in [6.45, 7) is 0.550. The van der Waals surface area contributed by atoms with Crippen molar-refractivity contribution in [2.75, 3.05) is 18.9 Å². The van der Waals surface area contributed by atoms with E-state index in [-0.39, 0.29) is 5.91 Å². The molecule has 2 aromatic rings. The molecular weight excluding hydrogens is 242 g/mol. The van der Waals surface area contributed by atoms with Crippen LogP contribution in [0.25, 0.3) is 0 Å². The second kappa shape index (κ2) is 6.44. The predicted molar refractivity (Wildman–Crippen MR) is 71.9 cm³/mol. The van der Waals surface area contributed by atoms with Crippen LogP contribution in [0.4, 0.5) is 5.82 Å². The number of amides is 1. The lowest BCUT2D eigenvalue weighted by Crippen LogP contribution is -2.26. The number of pyridine rings is 1. The second-order valence-corrected chi connectivity index (χ2v) is 3.90. The Morgan fingerprint density at radius 2 is 2.00 bits per heavy atom. The molecule has 0 atom stereocenters. The molecule has 0 unspecified atom stereocenters. The number of carbonyl (C=O) groups is 1. The van der Waals surface area contributed by atoms with Gasteiger partial charge in [-0.15, -0.1) is 0 Å². The van der Waals surface area contributed by atoms with E-state index in [1.165, 1.54) is 6.20 Å². The molecule has 2 heterocycles. The summed E-state index contributed by atoms with van der Waals surface area (Å²) in [4.78, 5) is 23.9. The van der Waals surface area contributed by atoms with E-state index in [0.717, 1.165) is 12.0 Å². The van der Waals surface area contributed by atoms with E-state index in [1.54, 1.807) is 25.6 Å². The van der Waals surface area contributed by atoms with Crippen molar-refractivity contribution in [3.63, 3.8) is 0 Å². The molecule has 1 amide bonds. The van der Waals surface area contributed by atoms with Crippen LogP contribution in [0.1, 0.15) is 16.1 Å². The maximum atomic E-state index is 11.8. The normalized spacial score (nSPS) is 9.95. The molecule has 2 aromatic heterocycles. The van der Waals surface area contributed by atoms with Crippen molar-refractivity contribution >= 4 is 11.7 Å². The minimum atomic E-state index is -0.223. The van der Waals surface area contributed by atoms with Crippen LogP contribution in [0.5, 0.6) is 0 Å². The van der Waals surface area contributed by atoms with E-state index in [1.807, 2.05) is 12.1 Å². The van der Waals surface area contributed by atoms with Gasteiger partial charge in [0.2, 0.25) is 0 Å². The molecule has 0 saturated heterocycles. The molecule has 0 saturated carbocycles. The fourth-order valence-corrected chi connectivity index (χ4v) is 1.56. The Bertz CT molecular complexity index is 544. The zero-order valence-corrected chi connectivity index (χ0v) is 10.6. The summed E-state index contributed by atoms with van der Waals surface area (Å²) in [6, 6.07) is 3.85. The predicted octanol–water partition coefficient (Wildman–Crippen LogP) is 0.886. The standard InChI is InChI=1S/C13H15N5O/c1-14-12-9-16-8-11(18-12)13(19)17-7-4-10-2-5-15-6-3-10/h2-3,5-6,8-9H,4,7H2,1H3,(H,14,18)(H,17,19). The SMILES string of the molecule is CNc1cncc(C(=O)NCCc2ccncc2)n1. The zero-order chi connectivity index (χ0) is 13.5. The van der Waals surface area contributed by atoms with Gasteiger partial charge in [-0.3, -0.25) is 14.8 Å². The highest BCUT2D eigenvalue weighted by atomic mass is 16.1. The van der Waals surface area contributed by atoms with Gasteiger partial charge in [-0.1, -0.05) is 0 Å². The van der Waals surface area contributed by atoms with Crippen molar-refractivity contribution < 1.29 is 4.79 Å². The van der Waals surface area contributed by atoms with Gasteiger partial charge in [-0.05, 0) is 24.1 Å². The zero-order valence-electron chi connectivity index (χ0n) is 10.6. The third-order valence-electron chi connectivity index (χ3n) is 2.57. The average Bonchev–Trinajstić information content (AvgIpc) is 2.48. The van der Waals surface area contributed by atoms with Crippen molar-refractivity contribution in [1.29, 1.82) is 0 Å². The van der Waals surface area contributed by atoms with E-state index in [9.17, 15) is 4.79 Å². The van der Waals surface area contributed by atoms with Gasteiger partial charge in [-0.2, -0.15) is 0 Å². The lowest BCUT2D eigenvalue weighted by Gasteiger charge is -2.05. The topological polar surface area (TPSA) is 79.8 Å². The molecule has 98 valence electrons. The molecule has 0 aliphatic carbocycles. The summed E-state index contributed by atoms with van der Waals surface area (Å²) in [5.74, 6) is 0.348. The molecule has 0 spiro atoms. The van der Waals surface area contributed by atoms with Crippen LogP contribution in [0.15, 0.2) is 36.9 Å². The molecule has 0 aromatic carbocycles. The van der Waals surface area contributed by atoms with Crippen LogP contribution in [-0.2, 0) is 6.42 Å². The molecule has 2 N–H and O–H groups in total. The largest absolute Gasteiger partial charge is 0.372 e. The van der Waals surface area contributed by atoms with Crippen LogP contribution in [0, 0.1) is 0 Å². The molecule has 0 bridgehead atoms. The van der Waals surface area contributed by atoms with Gasteiger partial charge < -0.3 is 10.6 Å². The summed E-state index contributed by atoms with van der Waals surface area (Å²) >= 11 is 0. The number of anilines is 1. The van der Waals surface area contributed by atoms with Crippen LogP contribution in [0.2, 0.25) is 0 Å². The summed E-state index contributed by atoms with van der Waals surface area (Å²) < 4.78 is 0. The maximum absolute atomic E-state index is 11.8. The Hall–Kier alpha value is -2.50. The van der Waals surface area contributed by atoms with Crippen LogP contribution in [0.3, 0.4) is 0 Å². The first-order valence-electron chi connectivity index (χ1n) is 5.96. The van der Waals surface area contributed by atoms with Gasteiger partial charge in [0.05, 0.1) is 12.4 Å². The molecule has 0 aliphatic rings. The van der Waals surface area contributed by atoms with Crippen molar-refractivity contribution in [2.24, 2.45) is 0 Å². The lowest BCUT2D eigenvalue weighted by molar-refractivity contribution is 0.0949. The molecule has 0 fully saturated rings. The van der Waals surface area contributed by atoms with Crippen LogP contribution >= 0.6 is 0 Å². The monoisotopic (exact) mass is 257 g/mol. The van der Waals surface area contributed by atoms with E-state index >= 15 is 0 Å². The van der Waals surface area contributed by atoms with E-state index < -0.39 is 0 Å². The fourth-order valence-electron chi connectivity index (χ4n) is 1.56. The molecule has 19 heavy (non-hydrogen) atoms. The van der Waals surface area contributed by atoms with Gasteiger partial charge >= 0.3 is 0 Å². The molecule has 0 radical (unpaired) electrons. The number of rotatable bonds is 5. The van der Waals surface area contributed by atoms with E-state index in [4.69, 9.17) is 0 Å². The van der Waals surface area contributed by atoms with Crippen LogP contribution in [-0.4, -0.2) is 34.5 Å². The average molecular weight is 257 g/mol. The number of carbonyl (C=O) groups excluding carboxylic acids is 1. The third-order valence-corrected chi connectivity index (χ3v) is 2.57. The summed E-state index contributed by atoms with van der Waals surface area (Å²) in [5, 5.41) is 5.65. The van der Waals surface area contributed by atoms with Crippen LogP contribution < -0.4 is 10.6 Å². The van der Waals surface area contributed by atoms with Gasteiger partial charge in [-0.25, -0.2) is 4.98 Å². The van der Waals surface area contributed by atoms with Crippen molar-refractivity contribution in [1.82, 2.24) is 20.3 Å². The Morgan fingerprint density at radius 1 is 1.21 bits per heavy atom. The van der Waals surface area contributed by atoms with Gasteiger partial charge in [0, 0.05) is 26.0 Å². The Balaban J connectivity index is 1.87. The van der Waals surface area contributed by atoms with Crippen molar-refractivity contribution in [3.05, 3.63) is 48.2 Å². The summed E-state index contributed by atoms with van der Waals surface area (Å²) in [5.41, 5.74) is 1.44. The quantitative estimate of drug-likeness (QED) is 0.831. The molecule has 0 aliphatic heterocycles. The smallest absolute Gasteiger partial charge is 0.271 e. The highest BCUT2D eigenvalue weighted by Crippen LogP contribution is 2.01. The van der Waals surface area contributed by atoms with Gasteiger partial charge in [0.1, 0.15) is 11.5 Å². The highest BCUT2D eigenvalue weighted by Gasteiger charge is 2.07. The number of aromatic nitrogens is 3. The van der Waals surface area contributed by atoms with E-state index in [2.05, 4.69) is 25.6 Å². The number of nitrogens with zero attached hydrogens (tertiary/aromatic N) is 3. The first-order chi connectivity index (χ1) is 9.29. The van der Waals surface area contributed by atoms with Gasteiger partial charge in [0.25, 0.3) is 5.91 Å². The molecule has 6 heteroatoms. The second-order valence-electron chi connectivity index (χ2n) is 3.90. The highest BCUT2D eigenvalue weighted by molar-refractivity contribution is 5.92. The van der Waals surface area contributed by atoms with Gasteiger partial charge in [0.15, 0.2) is 0 Å². The minimum absolute atomic E-state index is 0.223. The summed E-state index contributed by atoms with van der Waals surface area (Å²) in [6.07, 6.45) is 7.24.